The number of phenolic OH excluding ortho intramolecular Hbond substituents is 1. The average molecular weight is 283 g/mol. The summed E-state index contributed by atoms with van der Waals surface area (Å²) in [7, 11) is 0. The van der Waals surface area contributed by atoms with Crippen LogP contribution in [0.25, 0.3) is 22.8 Å². The molecule has 0 aliphatic carbocycles. The van der Waals surface area contributed by atoms with Crippen LogP contribution in [0.2, 0.25) is 0 Å². The molecule has 2 aromatic carbocycles. The van der Waals surface area contributed by atoms with Gasteiger partial charge in [-0.2, -0.15) is 5.10 Å². The number of hydrogen-bond acceptors (Lipinski definition) is 4. The first-order valence-corrected chi connectivity index (χ1v) is 6.15. The molecular weight excluding hydrogens is 273 g/mol. The van der Waals surface area contributed by atoms with E-state index in [4.69, 9.17) is 0 Å². The minimum Gasteiger partial charge on any atom is -0.504 e. The number of carbonyl (C=O) groups is 1. The van der Waals surface area contributed by atoms with Gasteiger partial charge in [-0.25, -0.2) is 9.37 Å². The van der Waals surface area contributed by atoms with Gasteiger partial charge in [-0.1, -0.05) is 30.3 Å². The third-order valence-electron chi connectivity index (χ3n) is 3.01. The molecule has 0 atom stereocenters. The van der Waals surface area contributed by atoms with E-state index >= 15 is 0 Å². The summed E-state index contributed by atoms with van der Waals surface area (Å²) < 4.78 is 13.6. The number of aromatic hydroxyl groups is 1. The lowest BCUT2D eigenvalue weighted by Gasteiger charge is -2.02. The van der Waals surface area contributed by atoms with Crippen molar-refractivity contribution in [1.29, 1.82) is 0 Å². The zero-order valence-corrected chi connectivity index (χ0v) is 10.7. The van der Waals surface area contributed by atoms with E-state index in [0.29, 0.717) is 23.5 Å². The molecule has 1 heterocycles. The van der Waals surface area contributed by atoms with Crippen molar-refractivity contribution in [1.82, 2.24) is 15.2 Å². The Labute approximate surface area is 119 Å². The summed E-state index contributed by atoms with van der Waals surface area (Å²) in [5, 5.41) is 16.2. The first kappa shape index (κ1) is 13.0. The van der Waals surface area contributed by atoms with Gasteiger partial charge >= 0.3 is 0 Å². The molecule has 0 spiro atoms. The molecule has 3 aromatic rings. The summed E-state index contributed by atoms with van der Waals surface area (Å²) in [4.78, 5) is 15.1. The van der Waals surface area contributed by atoms with Crippen LogP contribution in [0.1, 0.15) is 10.4 Å². The largest absolute Gasteiger partial charge is 0.504 e. The number of rotatable bonds is 3. The van der Waals surface area contributed by atoms with Crippen LogP contribution < -0.4 is 0 Å². The lowest BCUT2D eigenvalue weighted by molar-refractivity contribution is 0.112. The van der Waals surface area contributed by atoms with Crippen LogP contribution in [-0.2, 0) is 0 Å². The van der Waals surface area contributed by atoms with Gasteiger partial charge in [0.2, 0.25) is 0 Å². The molecule has 0 bridgehead atoms. The fourth-order valence-electron chi connectivity index (χ4n) is 1.95. The first-order chi connectivity index (χ1) is 10.2. The monoisotopic (exact) mass is 283 g/mol. The number of phenols is 1. The number of nitrogens with one attached hydrogen (secondary N) is 1. The molecule has 0 radical (unpaired) electrons. The standard InChI is InChI=1S/C15H10FN3O2/c16-12-7-10(6-11(8-20)13(12)21)15-17-14(18-19-15)9-4-2-1-3-5-9/h1-8,21H,(H,17,18,19). The second kappa shape index (κ2) is 5.16. The first-order valence-electron chi connectivity index (χ1n) is 6.15. The van der Waals surface area contributed by atoms with Gasteiger partial charge < -0.3 is 5.11 Å². The van der Waals surface area contributed by atoms with E-state index in [1.54, 1.807) is 0 Å². The van der Waals surface area contributed by atoms with Crippen LogP contribution >= 0.6 is 0 Å². The minimum absolute atomic E-state index is 0.136. The predicted octanol–water partition coefficient (Wildman–Crippen LogP) is 2.80. The summed E-state index contributed by atoms with van der Waals surface area (Å²) in [5.41, 5.74) is 1.01. The fraction of sp³-hybridized carbons (Fsp3) is 0. The maximum Gasteiger partial charge on any atom is 0.181 e. The Morgan fingerprint density at radius 3 is 2.62 bits per heavy atom. The topological polar surface area (TPSA) is 78.9 Å². The van der Waals surface area contributed by atoms with Crippen molar-refractivity contribution in [2.45, 2.75) is 0 Å². The Morgan fingerprint density at radius 2 is 1.90 bits per heavy atom. The van der Waals surface area contributed by atoms with E-state index in [2.05, 4.69) is 15.2 Å². The molecule has 0 fully saturated rings. The number of benzene rings is 2. The Morgan fingerprint density at radius 1 is 1.14 bits per heavy atom. The van der Waals surface area contributed by atoms with Crippen LogP contribution in [0, 0.1) is 5.82 Å². The van der Waals surface area contributed by atoms with E-state index in [1.807, 2.05) is 30.3 Å². The molecular formula is C15H10FN3O2. The predicted molar refractivity (Wildman–Crippen MR) is 74.3 cm³/mol. The molecule has 0 aliphatic heterocycles. The van der Waals surface area contributed by atoms with Crippen LogP contribution in [0.15, 0.2) is 42.5 Å². The SMILES string of the molecule is O=Cc1cc(-c2nc(-c3ccccc3)n[nH]2)cc(F)c1O. The maximum absolute atomic E-state index is 13.6. The fourth-order valence-corrected chi connectivity index (χ4v) is 1.95. The van der Waals surface area contributed by atoms with Gasteiger partial charge in [0.25, 0.3) is 0 Å². The molecule has 0 aliphatic rings. The van der Waals surface area contributed by atoms with Crippen molar-refractivity contribution in [2.75, 3.05) is 0 Å². The molecule has 3 rings (SSSR count). The highest BCUT2D eigenvalue weighted by Crippen LogP contribution is 2.27. The molecule has 0 amide bonds. The highest BCUT2D eigenvalue weighted by Gasteiger charge is 2.13. The van der Waals surface area contributed by atoms with Gasteiger partial charge in [-0.3, -0.25) is 9.89 Å². The molecule has 2 N–H and O–H groups in total. The van der Waals surface area contributed by atoms with Gasteiger partial charge in [0.15, 0.2) is 29.5 Å². The number of aromatic amines is 1. The van der Waals surface area contributed by atoms with Crippen LogP contribution in [-0.4, -0.2) is 26.6 Å². The van der Waals surface area contributed by atoms with Gasteiger partial charge in [-0.15, -0.1) is 0 Å². The van der Waals surface area contributed by atoms with E-state index in [1.165, 1.54) is 6.07 Å². The smallest absolute Gasteiger partial charge is 0.181 e. The highest BCUT2D eigenvalue weighted by molar-refractivity contribution is 5.82. The third kappa shape index (κ3) is 2.38. The zero-order valence-electron chi connectivity index (χ0n) is 10.7. The number of aldehydes is 1. The summed E-state index contributed by atoms with van der Waals surface area (Å²) in [5.74, 6) is -0.772. The average Bonchev–Trinajstić information content (AvgIpc) is 3.00. The number of aromatic nitrogens is 3. The highest BCUT2D eigenvalue weighted by atomic mass is 19.1. The number of H-pyrrole nitrogens is 1. The van der Waals surface area contributed by atoms with Gasteiger partial charge in [0, 0.05) is 11.1 Å². The number of carbonyl (C=O) groups excluding carboxylic acids is 1. The number of halogens is 1. The van der Waals surface area contributed by atoms with Crippen LogP contribution in [0.4, 0.5) is 4.39 Å². The van der Waals surface area contributed by atoms with Crippen LogP contribution in [0.3, 0.4) is 0 Å². The van der Waals surface area contributed by atoms with Gasteiger partial charge in [0.05, 0.1) is 5.56 Å². The second-order valence-electron chi connectivity index (χ2n) is 4.39. The number of nitrogens with zero attached hydrogens (tertiary/aromatic N) is 2. The van der Waals surface area contributed by atoms with Crippen molar-refractivity contribution in [3.05, 3.63) is 53.8 Å². The van der Waals surface area contributed by atoms with E-state index < -0.39 is 11.6 Å². The molecule has 6 heteroatoms. The molecule has 5 nitrogen and oxygen atoms in total. The quantitative estimate of drug-likeness (QED) is 0.724. The maximum atomic E-state index is 13.6. The lowest BCUT2D eigenvalue weighted by atomic mass is 10.1. The zero-order chi connectivity index (χ0) is 14.8. The van der Waals surface area contributed by atoms with Crippen molar-refractivity contribution in [3.8, 4) is 28.5 Å². The lowest BCUT2D eigenvalue weighted by Crippen LogP contribution is -1.90. The Kier molecular flexibility index (Phi) is 3.19. The van der Waals surface area contributed by atoms with Gasteiger partial charge in [-0.05, 0) is 12.1 Å². The number of hydrogen-bond donors (Lipinski definition) is 2. The normalized spacial score (nSPS) is 10.5. The second-order valence-corrected chi connectivity index (χ2v) is 4.39. The Hall–Kier alpha value is -3.02. The summed E-state index contributed by atoms with van der Waals surface area (Å²) in [6.45, 7) is 0. The molecule has 104 valence electrons. The Bertz CT molecular complexity index is 800. The van der Waals surface area contributed by atoms with Crippen molar-refractivity contribution >= 4 is 6.29 Å². The molecule has 0 saturated carbocycles. The van der Waals surface area contributed by atoms with Crippen molar-refractivity contribution in [2.24, 2.45) is 0 Å². The summed E-state index contributed by atoms with van der Waals surface area (Å²) >= 11 is 0. The third-order valence-corrected chi connectivity index (χ3v) is 3.01. The minimum atomic E-state index is -0.882. The molecule has 21 heavy (non-hydrogen) atoms. The Balaban J connectivity index is 2.05. The molecule has 0 saturated heterocycles. The van der Waals surface area contributed by atoms with E-state index in [0.717, 1.165) is 11.6 Å². The van der Waals surface area contributed by atoms with E-state index in [-0.39, 0.29) is 5.56 Å². The summed E-state index contributed by atoms with van der Waals surface area (Å²) in [6.07, 6.45) is 0.385. The van der Waals surface area contributed by atoms with E-state index in [9.17, 15) is 14.3 Å². The van der Waals surface area contributed by atoms with Gasteiger partial charge in [0.1, 0.15) is 0 Å². The van der Waals surface area contributed by atoms with Crippen LogP contribution in [0.5, 0.6) is 5.75 Å². The molecule has 0 unspecified atom stereocenters. The molecule has 1 aromatic heterocycles. The van der Waals surface area contributed by atoms with Crippen molar-refractivity contribution < 1.29 is 14.3 Å². The van der Waals surface area contributed by atoms with Crippen molar-refractivity contribution in [3.63, 3.8) is 0 Å². The summed E-state index contributed by atoms with van der Waals surface area (Å²) in [6, 6.07) is 11.7.